The van der Waals surface area contributed by atoms with Gasteiger partial charge in [-0.05, 0) is 5.56 Å². The van der Waals surface area contributed by atoms with E-state index in [-0.39, 0.29) is 12.0 Å². The Morgan fingerprint density at radius 1 is 1.69 bits per heavy atom. The lowest BCUT2D eigenvalue weighted by Gasteiger charge is -2.04. The van der Waals surface area contributed by atoms with Gasteiger partial charge in [-0.15, -0.1) is 0 Å². The van der Waals surface area contributed by atoms with Gasteiger partial charge in [-0.1, -0.05) is 0 Å². The Kier molecular flexibility index (Phi) is 2.36. The number of aliphatic carboxylic acids is 1. The zero-order valence-electron chi connectivity index (χ0n) is 7.15. The number of carbonyl (C=O) groups is 1. The second-order valence-electron chi connectivity index (χ2n) is 2.77. The number of nitrogens with two attached hydrogens (primary N) is 1. The van der Waals surface area contributed by atoms with Crippen molar-refractivity contribution in [1.29, 1.82) is 0 Å². The molecule has 1 rings (SSSR count). The van der Waals surface area contributed by atoms with Gasteiger partial charge in [0.25, 0.3) is 5.56 Å². The van der Waals surface area contributed by atoms with E-state index in [4.69, 9.17) is 10.8 Å². The quantitative estimate of drug-likeness (QED) is 0.651. The van der Waals surface area contributed by atoms with Crippen LogP contribution in [-0.2, 0) is 18.3 Å². The summed E-state index contributed by atoms with van der Waals surface area (Å²) in [5, 5.41) is 8.49. The van der Waals surface area contributed by atoms with Crippen LogP contribution in [0.25, 0.3) is 0 Å². The fraction of sp³-hybridized carbons (Fsp3) is 0.250. The second-order valence-corrected chi connectivity index (χ2v) is 2.77. The van der Waals surface area contributed by atoms with Gasteiger partial charge >= 0.3 is 5.97 Å². The summed E-state index contributed by atoms with van der Waals surface area (Å²) in [5.41, 5.74) is 5.94. The molecule has 0 radical (unpaired) electrons. The van der Waals surface area contributed by atoms with Gasteiger partial charge in [0.05, 0.1) is 12.1 Å². The summed E-state index contributed by atoms with van der Waals surface area (Å²) in [6, 6.07) is 1.24. The highest BCUT2D eigenvalue weighted by atomic mass is 16.4. The average molecular weight is 182 g/mol. The summed E-state index contributed by atoms with van der Waals surface area (Å²) in [7, 11) is 1.56. The van der Waals surface area contributed by atoms with Crippen molar-refractivity contribution in [2.45, 2.75) is 6.42 Å². The molecule has 0 aromatic carbocycles. The number of anilines is 1. The second kappa shape index (κ2) is 3.30. The highest BCUT2D eigenvalue weighted by Gasteiger charge is 2.06. The van der Waals surface area contributed by atoms with Gasteiger partial charge in [-0.3, -0.25) is 9.59 Å². The van der Waals surface area contributed by atoms with E-state index in [9.17, 15) is 9.59 Å². The summed E-state index contributed by atoms with van der Waals surface area (Å²) in [6.07, 6.45) is 1.20. The number of nitrogens with zero attached hydrogens (tertiary/aromatic N) is 1. The first-order valence-corrected chi connectivity index (χ1v) is 3.67. The fourth-order valence-corrected chi connectivity index (χ4v) is 1.01. The summed E-state index contributed by atoms with van der Waals surface area (Å²) in [4.78, 5) is 21.4. The Labute approximate surface area is 74.4 Å². The minimum absolute atomic E-state index is 0.220. The minimum atomic E-state index is -1.00. The molecule has 0 aliphatic heterocycles. The van der Waals surface area contributed by atoms with Crippen molar-refractivity contribution >= 4 is 11.7 Å². The molecule has 5 nitrogen and oxygen atoms in total. The Morgan fingerprint density at radius 2 is 2.31 bits per heavy atom. The molecule has 1 aromatic rings. The minimum Gasteiger partial charge on any atom is -0.481 e. The molecule has 13 heavy (non-hydrogen) atoms. The number of pyridine rings is 1. The SMILES string of the molecule is Cn1cc(N)c(CC(=O)O)cc1=O. The summed E-state index contributed by atoms with van der Waals surface area (Å²) in [6.45, 7) is 0. The van der Waals surface area contributed by atoms with Crippen molar-refractivity contribution in [2.75, 3.05) is 5.73 Å². The number of aromatic nitrogens is 1. The number of hydrogen-bond donors (Lipinski definition) is 2. The lowest BCUT2D eigenvalue weighted by molar-refractivity contribution is -0.136. The van der Waals surface area contributed by atoms with Gasteiger partial charge in [0, 0.05) is 19.3 Å². The van der Waals surface area contributed by atoms with Crippen LogP contribution in [-0.4, -0.2) is 15.6 Å². The number of carboxylic acids is 1. The van der Waals surface area contributed by atoms with E-state index in [1.54, 1.807) is 7.05 Å². The molecule has 0 spiro atoms. The lowest BCUT2D eigenvalue weighted by Crippen LogP contribution is -2.18. The molecule has 1 heterocycles. The Morgan fingerprint density at radius 3 is 2.85 bits per heavy atom. The maximum absolute atomic E-state index is 11.1. The molecule has 1 aromatic heterocycles. The molecular weight excluding hydrogens is 172 g/mol. The molecule has 0 aliphatic rings. The summed E-state index contributed by atoms with van der Waals surface area (Å²) in [5.74, 6) is -1.00. The molecule has 0 fully saturated rings. The Hall–Kier alpha value is -1.78. The number of carboxylic acid groups (broad SMARTS) is 1. The van der Waals surface area contributed by atoms with Crippen LogP contribution in [0.15, 0.2) is 17.1 Å². The van der Waals surface area contributed by atoms with Crippen LogP contribution >= 0.6 is 0 Å². The molecule has 70 valence electrons. The molecule has 0 amide bonds. The summed E-state index contributed by atoms with van der Waals surface area (Å²) < 4.78 is 1.31. The zero-order valence-corrected chi connectivity index (χ0v) is 7.15. The van der Waals surface area contributed by atoms with Crippen molar-refractivity contribution in [2.24, 2.45) is 7.05 Å². The van der Waals surface area contributed by atoms with Crippen molar-refractivity contribution in [3.8, 4) is 0 Å². The van der Waals surface area contributed by atoms with Crippen LogP contribution in [0.5, 0.6) is 0 Å². The van der Waals surface area contributed by atoms with Gasteiger partial charge in [-0.25, -0.2) is 0 Å². The van der Waals surface area contributed by atoms with E-state index in [2.05, 4.69) is 0 Å². The molecule has 0 unspecified atom stereocenters. The highest BCUT2D eigenvalue weighted by molar-refractivity contribution is 5.72. The number of aryl methyl sites for hydroxylation is 1. The van der Waals surface area contributed by atoms with Crippen molar-refractivity contribution in [1.82, 2.24) is 4.57 Å². The zero-order chi connectivity index (χ0) is 10.0. The van der Waals surface area contributed by atoms with E-state index in [0.29, 0.717) is 11.3 Å². The predicted octanol–water partition coefficient (Wildman–Crippen LogP) is -0.405. The van der Waals surface area contributed by atoms with Crippen LogP contribution in [0.1, 0.15) is 5.56 Å². The molecule has 0 saturated carbocycles. The van der Waals surface area contributed by atoms with Gasteiger partial charge in [0.1, 0.15) is 0 Å². The van der Waals surface area contributed by atoms with Crippen molar-refractivity contribution in [3.63, 3.8) is 0 Å². The van der Waals surface area contributed by atoms with Crippen LogP contribution in [0.2, 0.25) is 0 Å². The molecule has 0 bridgehead atoms. The number of hydrogen-bond acceptors (Lipinski definition) is 3. The van der Waals surface area contributed by atoms with Gasteiger partial charge < -0.3 is 15.4 Å². The van der Waals surface area contributed by atoms with Crippen LogP contribution < -0.4 is 11.3 Å². The summed E-state index contributed by atoms with van der Waals surface area (Å²) >= 11 is 0. The van der Waals surface area contributed by atoms with Gasteiger partial charge in [0.15, 0.2) is 0 Å². The predicted molar refractivity (Wildman–Crippen MR) is 47.4 cm³/mol. The lowest BCUT2D eigenvalue weighted by atomic mass is 10.1. The van der Waals surface area contributed by atoms with Crippen LogP contribution in [0.3, 0.4) is 0 Å². The first-order valence-electron chi connectivity index (χ1n) is 3.67. The first-order chi connectivity index (χ1) is 6.00. The van der Waals surface area contributed by atoms with Gasteiger partial charge in [0.2, 0.25) is 0 Å². The van der Waals surface area contributed by atoms with Crippen molar-refractivity contribution in [3.05, 3.63) is 28.2 Å². The Balaban J connectivity index is 3.16. The molecule has 3 N–H and O–H groups in total. The van der Waals surface area contributed by atoms with E-state index < -0.39 is 5.97 Å². The van der Waals surface area contributed by atoms with E-state index in [1.807, 2.05) is 0 Å². The van der Waals surface area contributed by atoms with E-state index in [0.717, 1.165) is 0 Å². The van der Waals surface area contributed by atoms with Crippen LogP contribution in [0.4, 0.5) is 5.69 Å². The standard InChI is InChI=1S/C8H10N2O3/c1-10-4-6(9)5(2-7(10)11)3-8(12)13/h2,4H,3,9H2,1H3,(H,12,13). The fourth-order valence-electron chi connectivity index (χ4n) is 1.01. The molecule has 0 atom stereocenters. The first kappa shape index (κ1) is 9.31. The van der Waals surface area contributed by atoms with E-state index in [1.165, 1.54) is 16.8 Å². The monoisotopic (exact) mass is 182 g/mol. The largest absolute Gasteiger partial charge is 0.481 e. The topological polar surface area (TPSA) is 85.3 Å². The van der Waals surface area contributed by atoms with Gasteiger partial charge in [-0.2, -0.15) is 0 Å². The molecule has 0 saturated heterocycles. The molecular formula is C8H10N2O3. The third kappa shape index (κ3) is 2.08. The number of rotatable bonds is 2. The van der Waals surface area contributed by atoms with Crippen molar-refractivity contribution < 1.29 is 9.90 Å². The maximum Gasteiger partial charge on any atom is 0.307 e. The molecule has 5 heteroatoms. The maximum atomic E-state index is 11.1. The van der Waals surface area contributed by atoms with E-state index >= 15 is 0 Å². The molecule has 0 aliphatic carbocycles. The van der Waals surface area contributed by atoms with Crippen LogP contribution in [0, 0.1) is 0 Å². The average Bonchev–Trinajstić information content (AvgIpc) is 1.99. The number of nitrogen functional groups attached to an aromatic ring is 1. The highest BCUT2D eigenvalue weighted by Crippen LogP contribution is 2.07. The third-order valence-corrected chi connectivity index (χ3v) is 1.69. The smallest absolute Gasteiger partial charge is 0.307 e. The normalized spacial score (nSPS) is 9.92. The third-order valence-electron chi connectivity index (χ3n) is 1.69. The Bertz CT molecular complexity index is 395.